The standard InChI is InChI=1S/C15H12FN.C15H10FN.C15H13FO2.C12H16NO3P.C8H6BrN.C6H15O3P.C4H10O2.4CH4/c2*16-15-9-6-12(7-10-15)5-8-13-3-1-2-4-14(13)11-17;16-13-9-6-11(7-10-13)5-8-12-3-1-2-4-14(12)15(17)18;1-3-15-17(14,16-4-2)10-12-8-6-5-7-11(12)9-13;9-5-7-3-1-2-4-8(7)6-10;1-4-7-10(8-5-2)9-6-3;1-5-3-4-6-2;;;;/h1-4,6-7,9-10H,5,8H2;1-10H;1-4,6-7,9-10H,5,8H2,(H,17,18);5-8H,3-4,10H2,1-2H3;1-4H,5H2;4-6H2,1-3H3;3-4H2,1-2H3;4*1H4/b;8-5+;;;;;;;;;. The number of carbonyl (C=O) groups is 1. The number of halogens is 4. The van der Waals surface area contributed by atoms with E-state index < -0.39 is 22.2 Å². The Morgan fingerprint density at radius 1 is 0.465 bits per heavy atom. The highest BCUT2D eigenvalue weighted by Gasteiger charge is 2.25. The molecular weight excluding hydrogens is 1360 g/mol. The van der Waals surface area contributed by atoms with E-state index in [1.165, 1.54) is 36.4 Å². The van der Waals surface area contributed by atoms with Crippen LogP contribution >= 0.6 is 32.1 Å². The van der Waals surface area contributed by atoms with Crippen molar-refractivity contribution in [1.82, 2.24) is 0 Å². The van der Waals surface area contributed by atoms with E-state index in [1.807, 2.05) is 112 Å². The summed E-state index contributed by atoms with van der Waals surface area (Å²) in [5, 5.41) is 45.2. The van der Waals surface area contributed by atoms with E-state index in [1.54, 1.807) is 107 Å². The monoisotopic (exact) mass is 1460 g/mol. The molecule has 8 rings (SSSR count). The molecule has 0 aliphatic carbocycles. The van der Waals surface area contributed by atoms with Crippen LogP contribution < -0.4 is 0 Å². The SMILES string of the molecule is C.C.C.C.CCOP(=O)(Cc1ccccc1C#N)OCC.CCOP(OCC)OCC.COCCOC.N#Cc1ccccc1/C=C/c1ccc(F)cc1.N#Cc1ccccc1CBr.N#Cc1ccccc1CCc1ccc(F)cc1.O=C(O)c1ccccc1CCc1ccc(F)cc1. The minimum Gasteiger partial charge on any atom is -0.478 e. The number of carboxylic acids is 1. The maximum atomic E-state index is 12.7. The molecule has 0 atom stereocenters. The van der Waals surface area contributed by atoms with E-state index in [0.29, 0.717) is 81.3 Å². The molecule has 0 bridgehead atoms. The Hall–Kier alpha value is -8.42. The van der Waals surface area contributed by atoms with Crippen molar-refractivity contribution in [3.05, 3.63) is 284 Å². The number of carboxylic acid groups (broad SMARTS) is 1. The molecule has 0 unspecified atom stereocenters. The Balaban J connectivity index is -0.00000110. The summed E-state index contributed by atoms with van der Waals surface area (Å²) in [4.78, 5) is 11.0. The fraction of sp³-hybridized carbons (Fsp3) is 0.304. The summed E-state index contributed by atoms with van der Waals surface area (Å²) < 4.78 is 85.6. The lowest BCUT2D eigenvalue weighted by molar-refractivity contribution is 0.0695. The Labute approximate surface area is 597 Å². The number of nitriles is 4. The van der Waals surface area contributed by atoms with E-state index in [2.05, 4.69) is 49.7 Å². The van der Waals surface area contributed by atoms with Crippen LogP contribution in [0, 0.1) is 62.8 Å². The average Bonchev–Trinajstić information content (AvgIpc) is 0.878. The third-order valence-corrected chi connectivity index (χ3v) is 16.7. The zero-order valence-corrected chi connectivity index (χ0v) is 58.0. The Kier molecular flexibility index (Phi) is 56.0. The van der Waals surface area contributed by atoms with Gasteiger partial charge in [0.1, 0.15) is 17.5 Å². The summed E-state index contributed by atoms with van der Waals surface area (Å²) >= 11 is 3.30. The normalized spacial score (nSPS) is 9.78. The topological polar surface area (TPSA) is 214 Å². The van der Waals surface area contributed by atoms with Crippen LogP contribution in [0.5, 0.6) is 0 Å². The predicted octanol–water partition coefficient (Wildman–Crippen LogP) is 21.6. The molecule has 0 spiro atoms. The molecule has 0 aliphatic heterocycles. The smallest absolute Gasteiger partial charge is 0.335 e. The lowest BCUT2D eigenvalue weighted by Crippen LogP contribution is -2.03. The first-order valence-electron chi connectivity index (χ1n) is 30.3. The minimum absolute atomic E-state index is 0. The summed E-state index contributed by atoms with van der Waals surface area (Å²) in [7, 11) is -0.890. The predicted molar refractivity (Wildman–Crippen MR) is 401 cm³/mol. The van der Waals surface area contributed by atoms with Crippen molar-refractivity contribution in [2.75, 3.05) is 60.5 Å². The van der Waals surface area contributed by atoms with E-state index >= 15 is 0 Å². The number of alkyl halides is 1. The van der Waals surface area contributed by atoms with Crippen molar-refractivity contribution in [3.8, 4) is 24.3 Å². The molecule has 14 nitrogen and oxygen atoms in total. The second-order valence-electron chi connectivity index (χ2n) is 19.3. The van der Waals surface area contributed by atoms with E-state index in [9.17, 15) is 22.5 Å². The molecule has 0 radical (unpaired) electrons. The Morgan fingerprint density at radius 3 is 1.21 bits per heavy atom. The lowest BCUT2D eigenvalue weighted by atomic mass is 10.00. The second-order valence-corrected chi connectivity index (χ2v) is 23.1. The molecule has 0 aliphatic rings. The third kappa shape index (κ3) is 40.3. The number of rotatable bonds is 25. The lowest BCUT2D eigenvalue weighted by Gasteiger charge is -2.17. The summed E-state index contributed by atoms with van der Waals surface area (Å²) in [5.74, 6) is -1.64. The number of hydrogen-bond acceptors (Lipinski definition) is 13. The third-order valence-electron chi connectivity index (χ3n) is 12.6. The van der Waals surface area contributed by atoms with Gasteiger partial charge >= 0.3 is 22.2 Å². The van der Waals surface area contributed by atoms with E-state index in [4.69, 9.17) is 48.8 Å². The molecule has 8 aromatic carbocycles. The van der Waals surface area contributed by atoms with Gasteiger partial charge in [0.05, 0.1) is 105 Å². The van der Waals surface area contributed by atoms with Gasteiger partial charge < -0.3 is 37.2 Å². The quantitative estimate of drug-likeness (QED) is 0.0244. The molecule has 99 heavy (non-hydrogen) atoms. The average molecular weight is 1460 g/mol. The molecule has 0 fully saturated rings. The van der Waals surface area contributed by atoms with Crippen LogP contribution in [0.2, 0.25) is 0 Å². The second kappa shape index (κ2) is 58.5. The molecule has 0 saturated heterocycles. The van der Waals surface area contributed by atoms with Crippen molar-refractivity contribution in [1.29, 1.82) is 21.0 Å². The molecule has 532 valence electrons. The Bertz CT molecular complexity index is 3680. The van der Waals surface area contributed by atoms with E-state index in [0.717, 1.165) is 68.2 Å². The largest absolute Gasteiger partial charge is 0.478 e. The number of aromatic carboxylic acids is 1. The number of benzene rings is 8. The van der Waals surface area contributed by atoms with Crippen LogP contribution in [-0.2, 0) is 73.8 Å². The maximum absolute atomic E-state index is 12.7. The summed E-state index contributed by atoms with van der Waals surface area (Å²) in [6.45, 7) is 13.3. The van der Waals surface area contributed by atoms with Gasteiger partial charge in [0, 0.05) is 19.5 Å². The number of nitrogens with zero attached hydrogens (tertiary/aromatic N) is 4. The fourth-order valence-corrected chi connectivity index (χ4v) is 11.1. The zero-order chi connectivity index (χ0) is 69.9. The van der Waals surface area contributed by atoms with Gasteiger partial charge in [0.25, 0.3) is 0 Å². The number of ether oxygens (including phenoxy) is 2. The highest BCUT2D eigenvalue weighted by Crippen LogP contribution is 2.51. The number of aryl methyl sites for hydroxylation is 4. The number of methoxy groups -OCH3 is 2. The van der Waals surface area contributed by atoms with E-state index in [-0.39, 0.29) is 53.3 Å². The number of hydrogen-bond donors (Lipinski definition) is 1. The van der Waals surface area contributed by atoms with Gasteiger partial charge in [-0.3, -0.25) is 4.57 Å². The first kappa shape index (κ1) is 94.8. The molecule has 0 saturated carbocycles. The van der Waals surface area contributed by atoms with Gasteiger partial charge in [-0.2, -0.15) is 21.0 Å². The molecule has 0 aromatic heterocycles. The Morgan fingerprint density at radius 2 is 0.818 bits per heavy atom. The molecule has 20 heteroatoms. The van der Waals surface area contributed by atoms with Gasteiger partial charge in [-0.05, 0) is 172 Å². The highest BCUT2D eigenvalue weighted by atomic mass is 79.9. The molecule has 8 aromatic rings. The van der Waals surface area contributed by atoms with Crippen LogP contribution in [0.15, 0.2) is 194 Å². The summed E-state index contributed by atoms with van der Waals surface area (Å²) in [6.07, 6.45) is 6.80. The van der Waals surface area contributed by atoms with Crippen molar-refractivity contribution in [3.63, 3.8) is 0 Å². The van der Waals surface area contributed by atoms with Crippen molar-refractivity contribution < 1.29 is 59.7 Å². The van der Waals surface area contributed by atoms with Gasteiger partial charge in [-0.25, -0.2) is 18.0 Å². The summed E-state index contributed by atoms with van der Waals surface area (Å²) in [5.41, 5.74) is 10.4. The van der Waals surface area contributed by atoms with Crippen LogP contribution in [0.25, 0.3) is 12.2 Å². The van der Waals surface area contributed by atoms with Crippen molar-refractivity contribution >= 4 is 50.2 Å². The van der Waals surface area contributed by atoms with Gasteiger partial charge in [-0.15, -0.1) is 0 Å². The van der Waals surface area contributed by atoms with Crippen LogP contribution in [-0.4, -0.2) is 71.5 Å². The first-order chi connectivity index (χ1) is 46.0. The van der Waals surface area contributed by atoms with Crippen LogP contribution in [0.4, 0.5) is 13.2 Å². The minimum atomic E-state index is -3.13. The highest BCUT2D eigenvalue weighted by molar-refractivity contribution is 9.08. The van der Waals surface area contributed by atoms with Crippen LogP contribution in [0.3, 0.4) is 0 Å². The van der Waals surface area contributed by atoms with Gasteiger partial charge in [0.15, 0.2) is 0 Å². The fourth-order valence-electron chi connectivity index (χ4n) is 8.00. The molecule has 1 N–H and O–H groups in total. The van der Waals surface area contributed by atoms with Gasteiger partial charge in [-0.1, -0.05) is 185 Å². The van der Waals surface area contributed by atoms with Gasteiger partial charge in [0.2, 0.25) is 0 Å². The summed E-state index contributed by atoms with van der Waals surface area (Å²) in [6, 6.07) is 63.9. The van der Waals surface area contributed by atoms with Crippen LogP contribution in [0.1, 0.15) is 141 Å². The zero-order valence-electron chi connectivity index (χ0n) is 54.6. The van der Waals surface area contributed by atoms with Crippen molar-refractivity contribution in [2.45, 2.75) is 102 Å². The molecular formula is C79H98BrF3N4O10P2. The molecule has 0 heterocycles. The maximum Gasteiger partial charge on any atom is 0.335 e. The van der Waals surface area contributed by atoms with Crippen molar-refractivity contribution in [2.24, 2.45) is 0 Å². The first-order valence-corrected chi connectivity index (χ1v) is 34.3. The molecule has 0 amide bonds.